The number of halogens is 2. The molecule has 1 N–H and O–H groups in total. The van der Waals surface area contributed by atoms with Crippen LogP contribution in [0.1, 0.15) is 18.5 Å². The van der Waals surface area contributed by atoms with Crippen molar-refractivity contribution in [1.82, 2.24) is 15.0 Å². The van der Waals surface area contributed by atoms with E-state index >= 15 is 0 Å². The predicted molar refractivity (Wildman–Crippen MR) is 69.8 cm³/mol. The molecule has 100 valence electrons. The normalized spacial score (nSPS) is 12.0. The first-order valence-corrected chi connectivity index (χ1v) is 5.94. The van der Waals surface area contributed by atoms with Gasteiger partial charge in [-0.05, 0) is 36.2 Å². The molecule has 7 heteroatoms. The van der Waals surface area contributed by atoms with Crippen LogP contribution in [0.3, 0.4) is 0 Å². The number of benzene rings is 1. The number of nitrogens with zero attached hydrogens (tertiary/aromatic N) is 3. The van der Waals surface area contributed by atoms with Crippen LogP contribution in [-0.2, 0) is 0 Å². The highest BCUT2D eigenvalue weighted by Crippen LogP contribution is 2.19. The standard InChI is InChI=1S/C12H12ClFN4O/c1-7(8-3-5-9(14)6-4-8)15-11-16-10(13)17-12(18-11)19-2/h3-7H,1-2H3,(H,15,16,17,18). The summed E-state index contributed by atoms with van der Waals surface area (Å²) in [6.45, 7) is 1.90. The number of methoxy groups -OCH3 is 1. The lowest BCUT2D eigenvalue weighted by molar-refractivity contribution is 0.378. The van der Waals surface area contributed by atoms with E-state index in [4.69, 9.17) is 16.3 Å². The third kappa shape index (κ3) is 3.51. The molecule has 19 heavy (non-hydrogen) atoms. The molecule has 0 saturated carbocycles. The van der Waals surface area contributed by atoms with Gasteiger partial charge in [-0.15, -0.1) is 0 Å². The molecule has 1 aromatic heterocycles. The molecule has 5 nitrogen and oxygen atoms in total. The summed E-state index contributed by atoms with van der Waals surface area (Å²) in [5.41, 5.74) is 0.900. The van der Waals surface area contributed by atoms with Crippen molar-refractivity contribution in [3.05, 3.63) is 40.9 Å². The monoisotopic (exact) mass is 282 g/mol. The van der Waals surface area contributed by atoms with Crippen molar-refractivity contribution in [2.75, 3.05) is 12.4 Å². The lowest BCUT2D eigenvalue weighted by atomic mass is 10.1. The molecule has 0 aliphatic carbocycles. The van der Waals surface area contributed by atoms with Crippen LogP contribution in [0, 0.1) is 5.82 Å². The minimum atomic E-state index is -0.277. The maximum atomic E-state index is 12.8. The molecule has 2 rings (SSSR count). The summed E-state index contributed by atoms with van der Waals surface area (Å²) in [5, 5.41) is 3.09. The number of hydrogen-bond acceptors (Lipinski definition) is 5. The molecule has 0 bridgehead atoms. The minimum Gasteiger partial charge on any atom is -0.467 e. The maximum Gasteiger partial charge on any atom is 0.322 e. The first kappa shape index (κ1) is 13.5. The minimum absolute atomic E-state index is 0.0423. The van der Waals surface area contributed by atoms with Crippen molar-refractivity contribution >= 4 is 17.5 Å². The zero-order chi connectivity index (χ0) is 13.8. The highest BCUT2D eigenvalue weighted by molar-refractivity contribution is 6.28. The number of aromatic nitrogens is 3. The van der Waals surface area contributed by atoms with E-state index in [0.29, 0.717) is 5.95 Å². The Hall–Kier alpha value is -1.95. The second-order valence-electron chi connectivity index (χ2n) is 3.83. The lowest BCUT2D eigenvalue weighted by Gasteiger charge is -2.14. The molecule has 0 aliphatic heterocycles. The van der Waals surface area contributed by atoms with Gasteiger partial charge in [0.25, 0.3) is 0 Å². The van der Waals surface area contributed by atoms with Crippen LogP contribution in [-0.4, -0.2) is 22.1 Å². The smallest absolute Gasteiger partial charge is 0.322 e. The Morgan fingerprint density at radius 2 is 1.89 bits per heavy atom. The molecular weight excluding hydrogens is 271 g/mol. The van der Waals surface area contributed by atoms with Crippen LogP contribution < -0.4 is 10.1 Å². The second kappa shape index (κ2) is 5.79. The molecule has 1 atom stereocenters. The Balaban J connectivity index is 2.16. The molecule has 0 aliphatic rings. The highest BCUT2D eigenvalue weighted by Gasteiger charge is 2.10. The number of ether oxygens (including phenoxy) is 1. The summed E-state index contributed by atoms with van der Waals surface area (Å²) in [5.74, 6) is 0.0227. The topological polar surface area (TPSA) is 59.9 Å². The molecule has 1 heterocycles. The van der Waals surface area contributed by atoms with Gasteiger partial charge in [0, 0.05) is 0 Å². The van der Waals surface area contributed by atoms with E-state index in [1.165, 1.54) is 19.2 Å². The van der Waals surface area contributed by atoms with Crippen LogP contribution in [0.5, 0.6) is 6.01 Å². The van der Waals surface area contributed by atoms with Crippen molar-refractivity contribution in [3.63, 3.8) is 0 Å². The van der Waals surface area contributed by atoms with Crippen molar-refractivity contribution in [2.24, 2.45) is 0 Å². The van der Waals surface area contributed by atoms with E-state index < -0.39 is 0 Å². The molecule has 2 aromatic rings. The van der Waals surface area contributed by atoms with Gasteiger partial charge in [0.05, 0.1) is 13.2 Å². The fourth-order valence-corrected chi connectivity index (χ4v) is 1.67. The Labute approximate surface area is 114 Å². The quantitative estimate of drug-likeness (QED) is 0.934. The van der Waals surface area contributed by atoms with Crippen LogP contribution in [0.2, 0.25) is 5.28 Å². The van der Waals surface area contributed by atoms with E-state index in [2.05, 4.69) is 20.3 Å². The summed E-state index contributed by atoms with van der Waals surface area (Å²) < 4.78 is 17.7. The van der Waals surface area contributed by atoms with Crippen LogP contribution in [0.4, 0.5) is 10.3 Å². The van der Waals surface area contributed by atoms with Crippen LogP contribution in [0.15, 0.2) is 24.3 Å². The Morgan fingerprint density at radius 1 is 1.21 bits per heavy atom. The fourth-order valence-electron chi connectivity index (χ4n) is 1.52. The molecule has 0 amide bonds. The Bertz CT molecular complexity index is 564. The van der Waals surface area contributed by atoms with Gasteiger partial charge in [-0.1, -0.05) is 12.1 Å². The summed E-state index contributed by atoms with van der Waals surface area (Å²) >= 11 is 5.75. The third-order valence-electron chi connectivity index (χ3n) is 2.49. The zero-order valence-electron chi connectivity index (χ0n) is 10.4. The Kier molecular flexibility index (Phi) is 4.11. The largest absolute Gasteiger partial charge is 0.467 e. The van der Waals surface area contributed by atoms with E-state index in [1.54, 1.807) is 12.1 Å². The van der Waals surface area contributed by atoms with E-state index in [9.17, 15) is 4.39 Å². The summed E-state index contributed by atoms with van der Waals surface area (Å²) in [4.78, 5) is 11.7. The van der Waals surface area contributed by atoms with Crippen molar-refractivity contribution in [3.8, 4) is 6.01 Å². The highest BCUT2D eigenvalue weighted by atomic mass is 35.5. The van der Waals surface area contributed by atoms with Gasteiger partial charge < -0.3 is 10.1 Å². The van der Waals surface area contributed by atoms with Gasteiger partial charge in [0.1, 0.15) is 5.82 Å². The average Bonchev–Trinajstić information content (AvgIpc) is 2.38. The van der Waals surface area contributed by atoms with Crippen molar-refractivity contribution in [1.29, 1.82) is 0 Å². The third-order valence-corrected chi connectivity index (χ3v) is 2.65. The first-order valence-electron chi connectivity index (χ1n) is 5.56. The predicted octanol–water partition coefficient (Wildman–Crippen LogP) is 2.85. The van der Waals surface area contributed by atoms with Gasteiger partial charge in [-0.25, -0.2) is 4.39 Å². The van der Waals surface area contributed by atoms with Crippen LogP contribution in [0.25, 0.3) is 0 Å². The average molecular weight is 283 g/mol. The van der Waals surface area contributed by atoms with Gasteiger partial charge in [-0.3, -0.25) is 0 Å². The molecule has 0 spiro atoms. The van der Waals surface area contributed by atoms with Gasteiger partial charge in [-0.2, -0.15) is 15.0 Å². The fraction of sp³-hybridized carbons (Fsp3) is 0.250. The van der Waals surface area contributed by atoms with E-state index in [0.717, 1.165) is 5.56 Å². The molecule has 1 aromatic carbocycles. The molecule has 0 fully saturated rings. The summed E-state index contributed by atoms with van der Waals surface area (Å²) in [6, 6.07) is 6.20. The zero-order valence-corrected chi connectivity index (χ0v) is 11.1. The van der Waals surface area contributed by atoms with Gasteiger partial charge in [0.15, 0.2) is 0 Å². The lowest BCUT2D eigenvalue weighted by Crippen LogP contribution is -2.10. The van der Waals surface area contributed by atoms with Crippen molar-refractivity contribution < 1.29 is 9.13 Å². The number of hydrogen-bond donors (Lipinski definition) is 1. The molecule has 0 saturated heterocycles. The SMILES string of the molecule is COc1nc(Cl)nc(NC(C)c2ccc(F)cc2)n1. The van der Waals surface area contributed by atoms with Crippen LogP contribution >= 0.6 is 11.6 Å². The first-order chi connectivity index (χ1) is 9.08. The molecular formula is C12H12ClFN4O. The van der Waals surface area contributed by atoms with Gasteiger partial charge >= 0.3 is 6.01 Å². The summed E-state index contributed by atoms with van der Waals surface area (Å²) in [7, 11) is 1.44. The summed E-state index contributed by atoms with van der Waals surface area (Å²) in [6.07, 6.45) is 0. The number of nitrogens with one attached hydrogen (secondary N) is 1. The molecule has 0 radical (unpaired) electrons. The molecule has 1 unspecified atom stereocenters. The second-order valence-corrected chi connectivity index (χ2v) is 4.17. The maximum absolute atomic E-state index is 12.8. The van der Waals surface area contributed by atoms with E-state index in [1.807, 2.05) is 6.92 Å². The Morgan fingerprint density at radius 3 is 2.53 bits per heavy atom. The van der Waals surface area contributed by atoms with Crippen molar-refractivity contribution in [2.45, 2.75) is 13.0 Å². The number of rotatable bonds is 4. The number of anilines is 1. The van der Waals surface area contributed by atoms with E-state index in [-0.39, 0.29) is 23.2 Å². The van der Waals surface area contributed by atoms with Gasteiger partial charge in [0.2, 0.25) is 11.2 Å².